The normalized spacial score (nSPS) is 16.2. The van der Waals surface area contributed by atoms with Crippen molar-refractivity contribution in [3.05, 3.63) is 56.5 Å². The number of hydrogen-bond acceptors (Lipinski definition) is 5. The number of aromatic nitrogens is 3. The smallest absolute Gasteiger partial charge is 0.331 e. The molecule has 0 bridgehead atoms. The first-order chi connectivity index (χ1) is 12.2. The maximum atomic E-state index is 12.2. The van der Waals surface area contributed by atoms with E-state index in [1.807, 2.05) is 6.07 Å². The van der Waals surface area contributed by atoms with E-state index in [1.165, 1.54) is 10.8 Å². The van der Waals surface area contributed by atoms with Gasteiger partial charge in [0.25, 0.3) is 5.56 Å². The van der Waals surface area contributed by atoms with Crippen LogP contribution in [0.5, 0.6) is 5.88 Å². The molecule has 3 rings (SSSR count). The van der Waals surface area contributed by atoms with Crippen LogP contribution >= 0.6 is 0 Å². The molecule has 2 aromatic heterocycles. The topological polar surface area (TPSA) is 100 Å². The van der Waals surface area contributed by atoms with Crippen molar-refractivity contribution in [3.8, 4) is 5.88 Å². The first-order valence-corrected chi connectivity index (χ1v) is 8.63. The van der Waals surface area contributed by atoms with Crippen molar-refractivity contribution in [1.82, 2.24) is 14.5 Å². The molecule has 1 saturated carbocycles. The van der Waals surface area contributed by atoms with Crippen LogP contribution in [0.4, 0.5) is 0 Å². The van der Waals surface area contributed by atoms with Crippen LogP contribution in [0.1, 0.15) is 55.7 Å². The van der Waals surface area contributed by atoms with Gasteiger partial charge in [-0.2, -0.15) is 0 Å². The number of hydrogen-bond donors (Lipinski definition) is 2. The summed E-state index contributed by atoms with van der Waals surface area (Å²) in [5.41, 5.74) is -0.263. The molecule has 0 unspecified atom stereocenters. The predicted molar refractivity (Wildman–Crippen MR) is 95.3 cm³/mol. The van der Waals surface area contributed by atoms with Crippen molar-refractivity contribution in [2.75, 3.05) is 0 Å². The molecule has 1 aliphatic carbocycles. The molecule has 2 N–H and O–H groups in total. The van der Waals surface area contributed by atoms with Gasteiger partial charge in [0.05, 0.1) is 6.54 Å². The lowest BCUT2D eigenvalue weighted by molar-refractivity contribution is 0.339. The van der Waals surface area contributed by atoms with Gasteiger partial charge in [0.1, 0.15) is 5.56 Å². The Hall–Kier alpha value is -2.70. The lowest BCUT2D eigenvalue weighted by Crippen LogP contribution is -2.34. The number of nitrogens with zero attached hydrogens (tertiary/aromatic N) is 3. The van der Waals surface area contributed by atoms with Gasteiger partial charge in [-0.15, -0.1) is 0 Å². The zero-order valence-electron chi connectivity index (χ0n) is 14.0. The van der Waals surface area contributed by atoms with Gasteiger partial charge in [-0.3, -0.25) is 24.3 Å². The number of nitrogens with one attached hydrogen (secondary N) is 1. The highest BCUT2D eigenvalue weighted by atomic mass is 16.3. The van der Waals surface area contributed by atoms with E-state index < -0.39 is 11.2 Å². The molecule has 25 heavy (non-hydrogen) atoms. The first kappa shape index (κ1) is 17.1. The SMILES string of the molecule is O=c1[nH]c(=O)n(C2CCCCCC2)c(O)c1C=NCc1cccnc1. The average molecular weight is 342 g/mol. The molecular formula is C18H22N4O3. The molecule has 7 heteroatoms. The molecule has 0 saturated heterocycles. The lowest BCUT2D eigenvalue weighted by atomic mass is 10.1. The predicted octanol–water partition coefficient (Wildman–Crippen LogP) is 2.15. The Morgan fingerprint density at radius 1 is 1.28 bits per heavy atom. The summed E-state index contributed by atoms with van der Waals surface area (Å²) < 4.78 is 1.32. The Bertz CT molecular complexity index is 847. The van der Waals surface area contributed by atoms with Crippen molar-refractivity contribution in [2.45, 2.75) is 51.1 Å². The Morgan fingerprint density at radius 3 is 2.72 bits per heavy atom. The summed E-state index contributed by atoms with van der Waals surface area (Å²) in [4.78, 5) is 34.8. The molecule has 0 radical (unpaired) electrons. The van der Waals surface area contributed by atoms with Crippen LogP contribution in [-0.4, -0.2) is 25.9 Å². The number of aromatic amines is 1. The Balaban J connectivity index is 1.90. The van der Waals surface area contributed by atoms with Crippen molar-refractivity contribution >= 4 is 6.21 Å². The van der Waals surface area contributed by atoms with Gasteiger partial charge in [0.15, 0.2) is 0 Å². The van der Waals surface area contributed by atoms with E-state index in [1.54, 1.807) is 18.5 Å². The van der Waals surface area contributed by atoms with E-state index in [0.29, 0.717) is 6.54 Å². The van der Waals surface area contributed by atoms with Crippen molar-refractivity contribution in [2.24, 2.45) is 4.99 Å². The van der Waals surface area contributed by atoms with Crippen molar-refractivity contribution in [3.63, 3.8) is 0 Å². The standard InChI is InChI=1S/C18H22N4O3/c23-16-15(12-20-11-13-6-5-9-19-10-13)17(24)22(18(25)21-16)14-7-3-1-2-4-8-14/h5-6,9-10,12,14,24H,1-4,7-8,11H2,(H,21,23,25). The maximum absolute atomic E-state index is 12.2. The molecule has 0 aromatic carbocycles. The second kappa shape index (κ2) is 7.92. The Labute approximate surface area is 145 Å². The third kappa shape index (κ3) is 4.04. The van der Waals surface area contributed by atoms with E-state index in [-0.39, 0.29) is 17.5 Å². The maximum Gasteiger partial charge on any atom is 0.331 e. The second-order valence-electron chi connectivity index (χ2n) is 6.34. The van der Waals surface area contributed by atoms with Gasteiger partial charge in [0.2, 0.25) is 5.88 Å². The number of pyridine rings is 1. The van der Waals surface area contributed by atoms with Crippen LogP contribution in [0.25, 0.3) is 0 Å². The molecule has 1 fully saturated rings. The summed E-state index contributed by atoms with van der Waals surface area (Å²) in [6, 6.07) is 3.60. The summed E-state index contributed by atoms with van der Waals surface area (Å²) in [6.07, 6.45) is 10.6. The van der Waals surface area contributed by atoms with E-state index in [0.717, 1.165) is 44.1 Å². The lowest BCUT2D eigenvalue weighted by Gasteiger charge is -2.19. The van der Waals surface area contributed by atoms with Gasteiger partial charge in [0, 0.05) is 24.7 Å². The summed E-state index contributed by atoms with van der Waals surface area (Å²) in [6.45, 7) is 0.343. The minimum Gasteiger partial charge on any atom is -0.494 e. The van der Waals surface area contributed by atoms with Crippen LogP contribution < -0.4 is 11.2 Å². The molecule has 0 atom stereocenters. The van der Waals surface area contributed by atoms with Crippen molar-refractivity contribution in [1.29, 1.82) is 0 Å². The van der Waals surface area contributed by atoms with Crippen LogP contribution in [0, 0.1) is 0 Å². The molecule has 0 amide bonds. The van der Waals surface area contributed by atoms with E-state index in [4.69, 9.17) is 0 Å². The Morgan fingerprint density at radius 2 is 2.04 bits per heavy atom. The highest BCUT2D eigenvalue weighted by Gasteiger charge is 2.21. The molecule has 0 spiro atoms. The van der Waals surface area contributed by atoms with E-state index in [2.05, 4.69) is 15.0 Å². The molecule has 1 aliphatic rings. The summed E-state index contributed by atoms with van der Waals surface area (Å²) in [5.74, 6) is -0.296. The molecule has 7 nitrogen and oxygen atoms in total. The largest absolute Gasteiger partial charge is 0.494 e. The van der Waals surface area contributed by atoms with Crippen molar-refractivity contribution < 1.29 is 5.11 Å². The van der Waals surface area contributed by atoms with Gasteiger partial charge < -0.3 is 5.11 Å². The van der Waals surface area contributed by atoms with Gasteiger partial charge in [-0.05, 0) is 24.5 Å². The molecule has 2 aromatic rings. The number of aliphatic imine (C=N–C) groups is 1. The monoisotopic (exact) mass is 342 g/mol. The van der Waals surface area contributed by atoms with Crippen LogP contribution in [-0.2, 0) is 6.54 Å². The molecule has 0 aliphatic heterocycles. The number of H-pyrrole nitrogens is 1. The van der Waals surface area contributed by atoms with Gasteiger partial charge >= 0.3 is 5.69 Å². The van der Waals surface area contributed by atoms with E-state index >= 15 is 0 Å². The fourth-order valence-electron chi connectivity index (χ4n) is 3.26. The Kier molecular flexibility index (Phi) is 5.42. The van der Waals surface area contributed by atoms with Crippen LogP contribution in [0.2, 0.25) is 0 Å². The van der Waals surface area contributed by atoms with Crippen LogP contribution in [0.3, 0.4) is 0 Å². The van der Waals surface area contributed by atoms with E-state index in [9.17, 15) is 14.7 Å². The third-order valence-corrected chi connectivity index (χ3v) is 4.56. The number of rotatable bonds is 4. The third-order valence-electron chi connectivity index (χ3n) is 4.56. The first-order valence-electron chi connectivity index (χ1n) is 8.63. The second-order valence-corrected chi connectivity index (χ2v) is 6.34. The summed E-state index contributed by atoms with van der Waals surface area (Å²) >= 11 is 0. The average Bonchev–Trinajstić information content (AvgIpc) is 2.88. The fourth-order valence-corrected chi connectivity index (χ4v) is 3.26. The summed E-state index contributed by atoms with van der Waals surface area (Å²) in [5, 5.41) is 10.5. The number of aromatic hydroxyl groups is 1. The molecular weight excluding hydrogens is 320 g/mol. The zero-order valence-corrected chi connectivity index (χ0v) is 14.0. The quantitative estimate of drug-likeness (QED) is 0.657. The minimum atomic E-state index is -0.623. The fraction of sp³-hybridized carbons (Fsp3) is 0.444. The molecule has 132 valence electrons. The summed E-state index contributed by atoms with van der Waals surface area (Å²) in [7, 11) is 0. The zero-order chi connectivity index (χ0) is 17.6. The highest BCUT2D eigenvalue weighted by molar-refractivity contribution is 5.81. The highest BCUT2D eigenvalue weighted by Crippen LogP contribution is 2.28. The van der Waals surface area contributed by atoms with Crippen LogP contribution in [0.15, 0.2) is 39.1 Å². The minimum absolute atomic E-state index is 0.0211. The molecule has 2 heterocycles. The van der Waals surface area contributed by atoms with Gasteiger partial charge in [-0.1, -0.05) is 31.7 Å². The van der Waals surface area contributed by atoms with Gasteiger partial charge in [-0.25, -0.2) is 4.79 Å².